The van der Waals surface area contributed by atoms with E-state index in [4.69, 9.17) is 10.2 Å². The molecule has 0 aliphatic heterocycles. The van der Waals surface area contributed by atoms with E-state index in [-0.39, 0.29) is 5.90 Å². The zero-order valence-corrected chi connectivity index (χ0v) is 6.89. The van der Waals surface area contributed by atoms with Gasteiger partial charge in [-0.05, 0) is 25.7 Å². The van der Waals surface area contributed by atoms with Gasteiger partial charge in [0.15, 0.2) is 0 Å². The Morgan fingerprint density at radius 1 is 1.55 bits per heavy atom. The molecule has 0 spiro atoms. The summed E-state index contributed by atoms with van der Waals surface area (Å²) in [6.45, 7) is 1.89. The second-order valence-corrected chi connectivity index (χ2v) is 2.73. The molecule has 3 heteroatoms. The van der Waals surface area contributed by atoms with Crippen LogP contribution >= 0.6 is 0 Å². The van der Waals surface area contributed by atoms with Crippen molar-refractivity contribution in [1.29, 1.82) is 5.41 Å². The molecule has 3 nitrogen and oxygen atoms in total. The zero-order valence-electron chi connectivity index (χ0n) is 6.89. The van der Waals surface area contributed by atoms with Crippen molar-refractivity contribution in [3.63, 3.8) is 0 Å². The van der Waals surface area contributed by atoms with E-state index in [1.165, 1.54) is 12.8 Å². The first kappa shape index (κ1) is 8.24. The van der Waals surface area contributed by atoms with Crippen molar-refractivity contribution in [2.75, 3.05) is 0 Å². The summed E-state index contributed by atoms with van der Waals surface area (Å²) in [5, 5.41) is 11.1. The van der Waals surface area contributed by atoms with Crippen LogP contribution in [0.4, 0.5) is 0 Å². The molecular weight excluding hydrogens is 140 g/mol. The molecule has 0 atom stereocenters. The summed E-state index contributed by atoms with van der Waals surface area (Å²) in [5.41, 5.74) is 1.11. The highest BCUT2D eigenvalue weighted by Crippen LogP contribution is 2.14. The molecule has 0 radical (unpaired) electrons. The second-order valence-electron chi connectivity index (χ2n) is 2.73. The molecule has 1 aliphatic rings. The van der Waals surface area contributed by atoms with Crippen molar-refractivity contribution < 1.29 is 4.84 Å². The highest BCUT2D eigenvalue weighted by Gasteiger charge is 2.08. The van der Waals surface area contributed by atoms with Crippen LogP contribution in [0.1, 0.15) is 39.0 Å². The van der Waals surface area contributed by atoms with E-state index >= 15 is 0 Å². The maximum Gasteiger partial charge on any atom is 0.217 e. The number of nitrogens with one attached hydrogen (secondary N) is 1. The van der Waals surface area contributed by atoms with Gasteiger partial charge >= 0.3 is 0 Å². The highest BCUT2D eigenvalue weighted by atomic mass is 16.6. The van der Waals surface area contributed by atoms with Crippen LogP contribution in [0.3, 0.4) is 0 Å². The number of rotatable bonds is 2. The minimum atomic E-state index is 0.254. The molecule has 62 valence electrons. The monoisotopic (exact) mass is 154 g/mol. The smallest absolute Gasteiger partial charge is 0.217 e. The summed E-state index contributed by atoms with van der Waals surface area (Å²) in [4.78, 5) is 4.85. The minimum Gasteiger partial charge on any atom is -0.342 e. The number of oxime groups is 1. The third-order valence-corrected chi connectivity index (χ3v) is 1.79. The Balaban J connectivity index is 2.28. The van der Waals surface area contributed by atoms with Gasteiger partial charge in [0, 0.05) is 6.42 Å². The minimum absolute atomic E-state index is 0.254. The fraction of sp³-hybridized carbons (Fsp3) is 0.750. The van der Waals surface area contributed by atoms with Gasteiger partial charge in [-0.1, -0.05) is 12.1 Å². The van der Waals surface area contributed by atoms with Gasteiger partial charge in [0.2, 0.25) is 5.90 Å². The van der Waals surface area contributed by atoms with E-state index in [2.05, 4.69) is 5.16 Å². The van der Waals surface area contributed by atoms with Crippen molar-refractivity contribution in [2.45, 2.75) is 39.0 Å². The predicted octanol–water partition coefficient (Wildman–Crippen LogP) is 2.32. The van der Waals surface area contributed by atoms with E-state index < -0.39 is 0 Å². The topological polar surface area (TPSA) is 45.4 Å². The van der Waals surface area contributed by atoms with Crippen LogP contribution in [-0.4, -0.2) is 11.6 Å². The lowest BCUT2D eigenvalue weighted by atomic mass is 10.3. The Bertz CT molecular complexity index is 167. The second kappa shape index (κ2) is 4.11. The quantitative estimate of drug-likeness (QED) is 0.370. The lowest BCUT2D eigenvalue weighted by molar-refractivity contribution is 0.314. The van der Waals surface area contributed by atoms with Gasteiger partial charge in [-0.2, -0.15) is 0 Å². The van der Waals surface area contributed by atoms with Crippen molar-refractivity contribution in [3.8, 4) is 0 Å². The SMILES string of the molecule is CCC(=N)ON=C1CCCC1. The van der Waals surface area contributed by atoms with E-state index in [9.17, 15) is 0 Å². The van der Waals surface area contributed by atoms with Gasteiger partial charge in [0.05, 0.1) is 5.71 Å². The molecule has 0 aromatic rings. The summed E-state index contributed by atoms with van der Waals surface area (Å²) >= 11 is 0. The molecule has 0 saturated heterocycles. The molecule has 0 unspecified atom stereocenters. The molecule has 11 heavy (non-hydrogen) atoms. The Morgan fingerprint density at radius 3 is 2.73 bits per heavy atom. The number of hydrogen-bond acceptors (Lipinski definition) is 3. The predicted molar refractivity (Wildman–Crippen MR) is 45.0 cm³/mol. The van der Waals surface area contributed by atoms with Crippen molar-refractivity contribution in [2.24, 2.45) is 5.16 Å². The maximum absolute atomic E-state index is 7.17. The van der Waals surface area contributed by atoms with Crippen molar-refractivity contribution in [1.82, 2.24) is 0 Å². The first-order valence-corrected chi connectivity index (χ1v) is 4.13. The Kier molecular flexibility index (Phi) is 3.08. The van der Waals surface area contributed by atoms with Gasteiger partial charge in [-0.3, -0.25) is 5.41 Å². The number of hydrogen-bond donors (Lipinski definition) is 1. The van der Waals surface area contributed by atoms with Gasteiger partial charge in [0.25, 0.3) is 0 Å². The maximum atomic E-state index is 7.17. The van der Waals surface area contributed by atoms with Crippen LogP contribution in [0.15, 0.2) is 5.16 Å². The van der Waals surface area contributed by atoms with E-state index in [1.54, 1.807) is 0 Å². The zero-order chi connectivity index (χ0) is 8.10. The lowest BCUT2D eigenvalue weighted by Crippen LogP contribution is -1.98. The summed E-state index contributed by atoms with van der Waals surface area (Å²) < 4.78 is 0. The molecule has 0 aromatic carbocycles. The summed E-state index contributed by atoms with van der Waals surface area (Å²) in [6, 6.07) is 0. The molecule has 0 heterocycles. The lowest BCUT2D eigenvalue weighted by Gasteiger charge is -1.97. The van der Waals surface area contributed by atoms with Gasteiger partial charge in [-0.15, -0.1) is 0 Å². The Hall–Kier alpha value is -0.860. The van der Waals surface area contributed by atoms with Crippen molar-refractivity contribution in [3.05, 3.63) is 0 Å². The third-order valence-electron chi connectivity index (χ3n) is 1.79. The van der Waals surface area contributed by atoms with E-state index in [1.807, 2.05) is 6.92 Å². The van der Waals surface area contributed by atoms with Crippen LogP contribution in [0.25, 0.3) is 0 Å². The average molecular weight is 154 g/mol. The molecule has 1 saturated carbocycles. The van der Waals surface area contributed by atoms with Crippen LogP contribution in [0.5, 0.6) is 0 Å². The average Bonchev–Trinajstić information content (AvgIpc) is 2.52. The van der Waals surface area contributed by atoms with Gasteiger partial charge in [0.1, 0.15) is 0 Å². The largest absolute Gasteiger partial charge is 0.342 e. The standard InChI is InChI=1S/C8H14N2O/c1-2-8(9)11-10-7-5-3-4-6-7/h9H,2-6H2,1H3. The first-order chi connectivity index (χ1) is 5.33. The van der Waals surface area contributed by atoms with E-state index in [0.29, 0.717) is 6.42 Å². The molecule has 1 fully saturated rings. The molecule has 0 bridgehead atoms. The third kappa shape index (κ3) is 2.70. The Labute approximate surface area is 66.9 Å². The van der Waals surface area contributed by atoms with Crippen LogP contribution in [-0.2, 0) is 4.84 Å². The van der Waals surface area contributed by atoms with Gasteiger partial charge in [-0.25, -0.2) is 0 Å². The molecule has 1 rings (SSSR count). The highest BCUT2D eigenvalue weighted by molar-refractivity contribution is 5.86. The van der Waals surface area contributed by atoms with Crippen LogP contribution < -0.4 is 0 Å². The van der Waals surface area contributed by atoms with Crippen LogP contribution in [0, 0.1) is 5.41 Å². The van der Waals surface area contributed by atoms with Crippen molar-refractivity contribution >= 4 is 11.6 Å². The molecule has 0 amide bonds. The summed E-state index contributed by atoms with van der Waals surface area (Å²) in [5.74, 6) is 0.254. The molecule has 1 aliphatic carbocycles. The summed E-state index contributed by atoms with van der Waals surface area (Å²) in [6.07, 6.45) is 5.17. The molecule has 0 aromatic heterocycles. The normalized spacial score (nSPS) is 16.6. The van der Waals surface area contributed by atoms with Gasteiger partial charge < -0.3 is 4.84 Å². The fourth-order valence-corrected chi connectivity index (χ4v) is 1.06. The first-order valence-electron chi connectivity index (χ1n) is 4.13. The molecule has 1 N–H and O–H groups in total. The van der Waals surface area contributed by atoms with E-state index in [0.717, 1.165) is 18.6 Å². The fourth-order valence-electron chi connectivity index (χ4n) is 1.06. The van der Waals surface area contributed by atoms with Crippen LogP contribution in [0.2, 0.25) is 0 Å². The molecular formula is C8H14N2O. The Morgan fingerprint density at radius 2 is 2.18 bits per heavy atom. The number of nitrogens with zero attached hydrogens (tertiary/aromatic N) is 1. The summed E-state index contributed by atoms with van der Waals surface area (Å²) in [7, 11) is 0.